The number of amides is 2. The molecule has 0 heterocycles. The summed E-state index contributed by atoms with van der Waals surface area (Å²) in [6, 6.07) is 24.9. The number of hydrogen-bond acceptors (Lipinski definition) is 3. The van der Waals surface area contributed by atoms with Crippen molar-refractivity contribution in [3.63, 3.8) is 0 Å². The largest absolute Gasteiger partial charge is 0.484 e. The Morgan fingerprint density at radius 1 is 0.833 bits per heavy atom. The van der Waals surface area contributed by atoms with E-state index in [2.05, 4.69) is 19.2 Å². The van der Waals surface area contributed by atoms with Gasteiger partial charge in [-0.25, -0.2) is 0 Å². The van der Waals surface area contributed by atoms with Gasteiger partial charge in [0.05, 0.1) is 0 Å². The molecule has 0 saturated heterocycles. The van der Waals surface area contributed by atoms with Crippen LogP contribution in [0.25, 0.3) is 0 Å². The van der Waals surface area contributed by atoms with Gasteiger partial charge in [-0.15, -0.1) is 0 Å². The first-order chi connectivity index (χ1) is 17.2. The predicted octanol–water partition coefficient (Wildman–Crippen LogP) is 5.66. The first kappa shape index (κ1) is 27.0. The second-order valence-corrected chi connectivity index (χ2v) is 9.89. The first-order valence-electron chi connectivity index (χ1n) is 12.6. The third kappa shape index (κ3) is 7.98. The van der Waals surface area contributed by atoms with Crippen molar-refractivity contribution in [2.75, 3.05) is 6.61 Å². The van der Waals surface area contributed by atoms with E-state index >= 15 is 0 Å². The standard InChI is InChI=1S/C31H38N2O3/c1-22(2)27-15-17-28(18-16-27)36-21-30(34)33(20-26-13-11-24(5)12-14-26)29(31(35)32-23(3)4)19-25-9-7-6-8-10-25/h6-18,22-23,29H,19-21H2,1-5H3,(H,32,35)/t29-/m1/s1. The van der Waals surface area contributed by atoms with Crippen molar-refractivity contribution >= 4 is 11.8 Å². The highest BCUT2D eigenvalue weighted by molar-refractivity contribution is 5.88. The van der Waals surface area contributed by atoms with Gasteiger partial charge in [-0.3, -0.25) is 9.59 Å². The highest BCUT2D eigenvalue weighted by atomic mass is 16.5. The molecule has 1 atom stereocenters. The fraction of sp³-hybridized carbons (Fsp3) is 0.355. The minimum atomic E-state index is -0.671. The van der Waals surface area contributed by atoms with Gasteiger partial charge in [-0.2, -0.15) is 0 Å². The Kier molecular flexibility index (Phi) is 9.69. The lowest BCUT2D eigenvalue weighted by molar-refractivity contribution is -0.143. The molecule has 3 aromatic carbocycles. The number of aryl methyl sites for hydroxylation is 1. The van der Waals surface area contributed by atoms with E-state index in [0.29, 0.717) is 24.6 Å². The van der Waals surface area contributed by atoms with Crippen LogP contribution in [0.3, 0.4) is 0 Å². The number of carbonyl (C=O) groups is 2. The van der Waals surface area contributed by atoms with Crippen molar-refractivity contribution in [3.05, 3.63) is 101 Å². The van der Waals surface area contributed by atoms with E-state index in [4.69, 9.17) is 4.74 Å². The van der Waals surface area contributed by atoms with Crippen LogP contribution in [0.2, 0.25) is 0 Å². The molecular formula is C31H38N2O3. The van der Waals surface area contributed by atoms with Crippen LogP contribution in [0, 0.1) is 6.92 Å². The molecule has 0 aliphatic heterocycles. The minimum absolute atomic E-state index is 0.0391. The van der Waals surface area contributed by atoms with Crippen LogP contribution in [0.1, 0.15) is 55.9 Å². The SMILES string of the molecule is Cc1ccc(CN(C(=O)COc2ccc(C(C)C)cc2)[C@H](Cc2ccccc2)C(=O)NC(C)C)cc1. The van der Waals surface area contributed by atoms with E-state index in [9.17, 15) is 9.59 Å². The molecule has 1 N–H and O–H groups in total. The van der Waals surface area contributed by atoms with E-state index in [1.54, 1.807) is 4.90 Å². The third-order valence-corrected chi connectivity index (χ3v) is 6.08. The zero-order valence-electron chi connectivity index (χ0n) is 22.0. The smallest absolute Gasteiger partial charge is 0.261 e. The number of nitrogens with one attached hydrogen (secondary N) is 1. The Labute approximate surface area is 215 Å². The van der Waals surface area contributed by atoms with Gasteiger partial charge in [-0.1, -0.05) is 86.1 Å². The van der Waals surface area contributed by atoms with Crippen LogP contribution in [0.15, 0.2) is 78.9 Å². The summed E-state index contributed by atoms with van der Waals surface area (Å²) in [5.41, 5.74) is 4.31. The Morgan fingerprint density at radius 2 is 1.47 bits per heavy atom. The molecule has 190 valence electrons. The van der Waals surface area contributed by atoms with Gasteiger partial charge in [0.2, 0.25) is 5.91 Å². The molecule has 0 aliphatic carbocycles. The highest BCUT2D eigenvalue weighted by Gasteiger charge is 2.31. The van der Waals surface area contributed by atoms with E-state index in [-0.39, 0.29) is 24.5 Å². The minimum Gasteiger partial charge on any atom is -0.484 e. The lowest BCUT2D eigenvalue weighted by Crippen LogP contribution is -2.52. The van der Waals surface area contributed by atoms with Crippen LogP contribution >= 0.6 is 0 Å². The van der Waals surface area contributed by atoms with Gasteiger partial charge < -0.3 is 15.0 Å². The van der Waals surface area contributed by atoms with Crippen LogP contribution in [0.5, 0.6) is 5.75 Å². The zero-order chi connectivity index (χ0) is 26.1. The van der Waals surface area contributed by atoms with Crippen molar-refractivity contribution in [3.8, 4) is 5.75 Å². The summed E-state index contributed by atoms with van der Waals surface area (Å²) < 4.78 is 5.88. The van der Waals surface area contributed by atoms with Crippen molar-refractivity contribution in [1.29, 1.82) is 0 Å². The van der Waals surface area contributed by atoms with E-state index in [1.807, 2.05) is 99.6 Å². The van der Waals surface area contributed by atoms with Crippen LogP contribution in [-0.4, -0.2) is 35.4 Å². The predicted molar refractivity (Wildman–Crippen MR) is 145 cm³/mol. The molecule has 3 rings (SSSR count). The summed E-state index contributed by atoms with van der Waals surface area (Å²) in [5, 5.41) is 3.01. The van der Waals surface area contributed by atoms with E-state index in [0.717, 1.165) is 16.7 Å². The van der Waals surface area contributed by atoms with Crippen LogP contribution in [-0.2, 0) is 22.6 Å². The first-order valence-corrected chi connectivity index (χ1v) is 12.6. The zero-order valence-corrected chi connectivity index (χ0v) is 22.0. The maximum Gasteiger partial charge on any atom is 0.261 e. The van der Waals surface area contributed by atoms with Crippen molar-refractivity contribution in [2.24, 2.45) is 0 Å². The molecule has 36 heavy (non-hydrogen) atoms. The normalized spacial score (nSPS) is 11.9. The lowest BCUT2D eigenvalue weighted by atomic mass is 10.0. The molecule has 0 fully saturated rings. The summed E-state index contributed by atoms with van der Waals surface area (Å²) in [6.07, 6.45) is 0.417. The molecule has 0 aliphatic rings. The molecule has 0 radical (unpaired) electrons. The number of ether oxygens (including phenoxy) is 1. The average Bonchev–Trinajstić information content (AvgIpc) is 2.86. The van der Waals surface area contributed by atoms with Gasteiger partial charge in [0.1, 0.15) is 11.8 Å². The molecule has 3 aromatic rings. The fourth-order valence-electron chi connectivity index (χ4n) is 4.00. The van der Waals surface area contributed by atoms with Crippen molar-refractivity contribution in [2.45, 2.75) is 65.6 Å². The fourth-order valence-corrected chi connectivity index (χ4v) is 4.00. The molecule has 0 aromatic heterocycles. The number of benzene rings is 3. The van der Waals surface area contributed by atoms with Gasteiger partial charge in [0.25, 0.3) is 5.91 Å². The lowest BCUT2D eigenvalue weighted by Gasteiger charge is -2.32. The second kappa shape index (κ2) is 12.9. The second-order valence-electron chi connectivity index (χ2n) is 9.89. The summed E-state index contributed by atoms with van der Waals surface area (Å²) in [4.78, 5) is 28.6. The monoisotopic (exact) mass is 486 g/mol. The quantitative estimate of drug-likeness (QED) is 0.380. The topological polar surface area (TPSA) is 58.6 Å². The average molecular weight is 487 g/mol. The van der Waals surface area contributed by atoms with Crippen LogP contribution < -0.4 is 10.1 Å². The Morgan fingerprint density at radius 3 is 2.06 bits per heavy atom. The summed E-state index contributed by atoms with van der Waals surface area (Å²) in [7, 11) is 0. The van der Waals surface area contributed by atoms with Crippen molar-refractivity contribution < 1.29 is 14.3 Å². The van der Waals surface area contributed by atoms with Crippen LogP contribution in [0.4, 0.5) is 0 Å². The highest BCUT2D eigenvalue weighted by Crippen LogP contribution is 2.20. The molecule has 5 nitrogen and oxygen atoms in total. The Balaban J connectivity index is 1.87. The van der Waals surface area contributed by atoms with Gasteiger partial charge in [0.15, 0.2) is 6.61 Å². The van der Waals surface area contributed by atoms with Gasteiger partial charge >= 0.3 is 0 Å². The molecule has 0 saturated carbocycles. The summed E-state index contributed by atoms with van der Waals surface area (Å²) in [5.74, 6) is 0.650. The Bertz CT molecular complexity index is 1110. The molecule has 5 heteroatoms. The number of carbonyl (C=O) groups excluding carboxylic acids is 2. The maximum absolute atomic E-state index is 13.6. The summed E-state index contributed by atoms with van der Waals surface area (Å²) in [6.45, 7) is 10.3. The molecule has 0 unspecified atom stereocenters. The van der Waals surface area contributed by atoms with Crippen molar-refractivity contribution in [1.82, 2.24) is 10.2 Å². The van der Waals surface area contributed by atoms with Gasteiger partial charge in [-0.05, 0) is 55.5 Å². The maximum atomic E-state index is 13.6. The molecule has 2 amide bonds. The molecule has 0 bridgehead atoms. The van der Waals surface area contributed by atoms with E-state index < -0.39 is 6.04 Å². The van der Waals surface area contributed by atoms with Gasteiger partial charge in [0, 0.05) is 19.0 Å². The Hall–Kier alpha value is -3.60. The molecule has 0 spiro atoms. The number of nitrogens with zero attached hydrogens (tertiary/aromatic N) is 1. The van der Waals surface area contributed by atoms with E-state index in [1.165, 1.54) is 5.56 Å². The summed E-state index contributed by atoms with van der Waals surface area (Å²) >= 11 is 0. The molecular weight excluding hydrogens is 448 g/mol. The number of rotatable bonds is 11. The third-order valence-electron chi connectivity index (χ3n) is 6.08. The number of hydrogen-bond donors (Lipinski definition) is 1.